The molecule has 0 spiro atoms. The van der Waals surface area contributed by atoms with E-state index in [1.54, 1.807) is 0 Å². The van der Waals surface area contributed by atoms with Gasteiger partial charge in [-0.3, -0.25) is 37.3 Å². The number of rotatable bonds is 74. The Morgan fingerprint density at radius 2 is 0.542 bits per heavy atom. The summed E-state index contributed by atoms with van der Waals surface area (Å²) in [6, 6.07) is 0. The Kier molecular flexibility index (Phi) is 68.3. The van der Waals surface area contributed by atoms with Crippen LogP contribution in [0, 0.1) is 0 Å². The molecule has 3 N–H and O–H groups in total. The molecule has 0 aromatic carbocycles. The van der Waals surface area contributed by atoms with Crippen LogP contribution in [0.25, 0.3) is 0 Å². The van der Waals surface area contributed by atoms with Crippen LogP contribution in [0.5, 0.6) is 0 Å². The lowest BCUT2D eigenvalue weighted by atomic mass is 10.0. The summed E-state index contributed by atoms with van der Waals surface area (Å²) in [5, 5.41) is 10.6. The molecule has 0 aliphatic carbocycles. The van der Waals surface area contributed by atoms with Crippen LogP contribution in [0.4, 0.5) is 0 Å². The minimum absolute atomic E-state index is 0.0935. The van der Waals surface area contributed by atoms with Crippen molar-refractivity contribution in [2.45, 2.75) is 380 Å². The minimum Gasteiger partial charge on any atom is -0.462 e. The maximum atomic E-state index is 13.1. The summed E-state index contributed by atoms with van der Waals surface area (Å²) in [6.07, 6.45) is 66.7. The van der Waals surface area contributed by atoms with Gasteiger partial charge in [0.1, 0.15) is 19.3 Å². The molecule has 0 aliphatic rings. The van der Waals surface area contributed by atoms with E-state index < -0.39 is 97.5 Å². The number of unbranched alkanes of at least 4 members (excludes halogenated alkanes) is 40. The van der Waals surface area contributed by atoms with E-state index in [9.17, 15) is 43.2 Å². The maximum absolute atomic E-state index is 13.1. The van der Waals surface area contributed by atoms with Crippen LogP contribution >= 0.6 is 15.6 Å². The average molecular weight is 1400 g/mol. The lowest BCUT2D eigenvalue weighted by molar-refractivity contribution is -0.161. The van der Waals surface area contributed by atoms with Crippen LogP contribution < -0.4 is 0 Å². The summed E-state index contributed by atoms with van der Waals surface area (Å²) < 4.78 is 68.5. The fourth-order valence-electron chi connectivity index (χ4n) is 10.9. The van der Waals surface area contributed by atoms with Crippen LogP contribution in [0.3, 0.4) is 0 Å². The summed E-state index contributed by atoms with van der Waals surface area (Å²) in [5.74, 6) is -2.18. The second kappa shape index (κ2) is 70.5. The molecule has 96 heavy (non-hydrogen) atoms. The highest BCUT2D eigenvalue weighted by Gasteiger charge is 2.30. The number of ether oxygens (including phenoxy) is 4. The number of esters is 4. The smallest absolute Gasteiger partial charge is 0.462 e. The van der Waals surface area contributed by atoms with E-state index in [4.69, 9.17) is 37.0 Å². The minimum atomic E-state index is -4.97. The van der Waals surface area contributed by atoms with Crippen LogP contribution in [-0.2, 0) is 65.4 Å². The molecule has 0 aromatic rings. The molecule has 0 heterocycles. The third-order valence-electron chi connectivity index (χ3n) is 16.8. The number of carbonyl (C=O) groups excluding carboxylic acids is 4. The molecule has 0 radical (unpaired) electrons. The quantitative estimate of drug-likeness (QED) is 0.0169. The summed E-state index contributed by atoms with van der Waals surface area (Å²) in [7, 11) is -9.93. The van der Waals surface area contributed by atoms with E-state index in [2.05, 4.69) is 76.3 Å². The highest BCUT2D eigenvalue weighted by atomic mass is 31.2. The molecule has 562 valence electrons. The Balaban J connectivity index is 5.33. The molecule has 0 saturated heterocycles. The first-order valence-corrected chi connectivity index (χ1v) is 41.9. The first-order chi connectivity index (χ1) is 46.7. The van der Waals surface area contributed by atoms with Crippen molar-refractivity contribution in [1.29, 1.82) is 0 Å². The number of phosphoric ester groups is 2. The lowest BCUT2D eigenvalue weighted by Gasteiger charge is -2.21. The van der Waals surface area contributed by atoms with E-state index in [1.807, 2.05) is 0 Å². The van der Waals surface area contributed by atoms with Crippen LogP contribution in [0.2, 0.25) is 0 Å². The number of allylic oxidation sites excluding steroid dienone is 8. The predicted molar refractivity (Wildman–Crippen MR) is 390 cm³/mol. The molecule has 0 aromatic heterocycles. The van der Waals surface area contributed by atoms with Gasteiger partial charge in [-0.15, -0.1) is 0 Å². The van der Waals surface area contributed by atoms with E-state index in [1.165, 1.54) is 173 Å². The van der Waals surface area contributed by atoms with Crippen LogP contribution in [0.1, 0.15) is 362 Å². The summed E-state index contributed by atoms with van der Waals surface area (Å²) in [4.78, 5) is 72.8. The molecule has 17 nitrogen and oxygen atoms in total. The van der Waals surface area contributed by atoms with Crippen molar-refractivity contribution in [2.24, 2.45) is 0 Å². The average Bonchev–Trinajstić information content (AvgIpc) is 1.36. The van der Waals surface area contributed by atoms with Crippen molar-refractivity contribution in [3.05, 3.63) is 48.6 Å². The monoisotopic (exact) mass is 1400 g/mol. The second-order valence-electron chi connectivity index (χ2n) is 26.3. The topological polar surface area (TPSA) is 237 Å². The molecular weight excluding hydrogens is 1260 g/mol. The third kappa shape index (κ3) is 69.5. The van der Waals surface area contributed by atoms with Gasteiger partial charge >= 0.3 is 39.5 Å². The Morgan fingerprint density at radius 3 is 0.833 bits per heavy atom. The SMILES string of the molecule is CC/C=C\C/C=C\C/C=C\C/C=C\CCCCC(=O)OCC(COP(=O)(O)OCC(O)COP(=O)(O)OCC(COC(=O)CCCCCCCCCCCCCCC)OC(=O)CCCCCCCCCCCCCCC)OC(=O)CCCCCCCCCCCCCCCCC. The molecule has 0 fully saturated rings. The fourth-order valence-corrected chi connectivity index (χ4v) is 12.5. The Bertz CT molecular complexity index is 2010. The van der Waals surface area contributed by atoms with E-state index >= 15 is 0 Å². The van der Waals surface area contributed by atoms with E-state index in [0.29, 0.717) is 25.7 Å². The van der Waals surface area contributed by atoms with Gasteiger partial charge in [0.15, 0.2) is 12.2 Å². The molecule has 0 aliphatic heterocycles. The van der Waals surface area contributed by atoms with Crippen molar-refractivity contribution < 1.29 is 80.2 Å². The zero-order valence-electron chi connectivity index (χ0n) is 61.3. The van der Waals surface area contributed by atoms with E-state index in [-0.39, 0.29) is 25.7 Å². The zero-order chi connectivity index (χ0) is 70.4. The molecule has 0 rings (SSSR count). The number of phosphoric acid groups is 2. The van der Waals surface area contributed by atoms with Crippen molar-refractivity contribution >= 4 is 39.5 Å². The third-order valence-corrected chi connectivity index (χ3v) is 18.7. The van der Waals surface area contributed by atoms with Crippen molar-refractivity contribution in [1.82, 2.24) is 0 Å². The lowest BCUT2D eigenvalue weighted by Crippen LogP contribution is -2.30. The zero-order valence-corrected chi connectivity index (χ0v) is 63.1. The highest BCUT2D eigenvalue weighted by Crippen LogP contribution is 2.45. The molecule has 0 amide bonds. The summed E-state index contributed by atoms with van der Waals surface area (Å²) in [6.45, 7) is 4.79. The molecule has 5 atom stereocenters. The van der Waals surface area contributed by atoms with Crippen LogP contribution in [-0.4, -0.2) is 96.7 Å². The Morgan fingerprint density at radius 1 is 0.302 bits per heavy atom. The van der Waals surface area contributed by atoms with Crippen molar-refractivity contribution in [3.63, 3.8) is 0 Å². The molecule has 0 saturated carbocycles. The van der Waals surface area contributed by atoms with Gasteiger partial charge in [-0.05, 0) is 64.2 Å². The molecule has 19 heteroatoms. The Hall–Kier alpha value is -2.98. The van der Waals surface area contributed by atoms with Gasteiger partial charge in [0, 0.05) is 25.7 Å². The van der Waals surface area contributed by atoms with E-state index in [0.717, 1.165) is 109 Å². The normalized spacial score (nSPS) is 14.2. The van der Waals surface area contributed by atoms with Crippen molar-refractivity contribution in [3.8, 4) is 0 Å². The standard InChI is InChI=1S/C77H142O17P2/c1-5-9-13-17-21-25-29-33-35-39-42-46-50-54-58-62-75(80)88-68-73(94-77(82)64-60-56-52-48-44-40-36-34-30-26-22-18-14-10-6-2)70-92-96(85,86)90-66-71(78)65-89-95(83,84)91-69-72(93-76(81)63-59-55-51-47-43-38-32-28-24-20-16-12-8-4)67-87-74(79)61-57-53-49-45-41-37-31-27-23-19-15-11-7-3/h9,13,21,25,33,35,42,46,71-73,78H,5-8,10-12,14-20,22-24,26-32,34,36-41,43-45,47-70H2,1-4H3,(H,83,84)(H,85,86)/b13-9-,25-21-,35-33-,46-42-. The van der Waals surface area contributed by atoms with Gasteiger partial charge in [-0.1, -0.05) is 320 Å². The number of hydrogen-bond acceptors (Lipinski definition) is 15. The number of aliphatic hydroxyl groups is 1. The number of carbonyl (C=O) groups is 4. The predicted octanol–water partition coefficient (Wildman–Crippen LogP) is 22.1. The number of aliphatic hydroxyl groups excluding tert-OH is 1. The van der Waals surface area contributed by atoms with Gasteiger partial charge in [0.25, 0.3) is 0 Å². The number of hydrogen-bond donors (Lipinski definition) is 3. The molecule has 5 unspecified atom stereocenters. The van der Waals surface area contributed by atoms with Crippen molar-refractivity contribution in [2.75, 3.05) is 39.6 Å². The van der Waals surface area contributed by atoms with Gasteiger partial charge in [-0.25, -0.2) is 9.13 Å². The van der Waals surface area contributed by atoms with Gasteiger partial charge in [0.2, 0.25) is 0 Å². The Labute approximate surface area is 585 Å². The first kappa shape index (κ1) is 93.0. The highest BCUT2D eigenvalue weighted by molar-refractivity contribution is 7.47. The molecule has 0 bridgehead atoms. The fraction of sp³-hybridized carbons (Fsp3) is 0.844. The van der Waals surface area contributed by atoms with Gasteiger partial charge < -0.3 is 33.8 Å². The van der Waals surface area contributed by atoms with Gasteiger partial charge in [0.05, 0.1) is 26.4 Å². The second-order valence-corrected chi connectivity index (χ2v) is 29.2. The van der Waals surface area contributed by atoms with Gasteiger partial charge in [-0.2, -0.15) is 0 Å². The summed E-state index contributed by atoms with van der Waals surface area (Å²) in [5.41, 5.74) is 0. The van der Waals surface area contributed by atoms with Crippen LogP contribution in [0.15, 0.2) is 48.6 Å². The summed E-state index contributed by atoms with van der Waals surface area (Å²) >= 11 is 0. The maximum Gasteiger partial charge on any atom is 0.472 e. The largest absolute Gasteiger partial charge is 0.472 e. The first-order valence-electron chi connectivity index (χ1n) is 38.9. The molecular formula is C77H142O17P2.